The summed E-state index contributed by atoms with van der Waals surface area (Å²) in [6.07, 6.45) is 7.26. The van der Waals surface area contributed by atoms with Gasteiger partial charge in [0.05, 0.1) is 17.4 Å². The van der Waals surface area contributed by atoms with E-state index >= 15 is 0 Å². The molecule has 0 spiro atoms. The number of aromatic amines is 2. The van der Waals surface area contributed by atoms with E-state index in [1.54, 1.807) is 6.20 Å². The van der Waals surface area contributed by atoms with Crippen molar-refractivity contribution in [3.05, 3.63) is 85.5 Å². The number of hydrogen-bond acceptors (Lipinski definition) is 5. The van der Waals surface area contributed by atoms with Crippen LogP contribution in [0.15, 0.2) is 85.5 Å². The van der Waals surface area contributed by atoms with Gasteiger partial charge in [-0.25, -0.2) is 0 Å². The summed E-state index contributed by atoms with van der Waals surface area (Å²) in [5.74, 6) is 0.765. The van der Waals surface area contributed by atoms with Gasteiger partial charge in [0, 0.05) is 47.0 Å². The highest BCUT2D eigenvalue weighted by molar-refractivity contribution is 6.01. The lowest BCUT2D eigenvalue weighted by atomic mass is 10.0. The third-order valence-corrected chi connectivity index (χ3v) is 6.33. The van der Waals surface area contributed by atoms with Crippen LogP contribution in [0.4, 0.5) is 0 Å². The van der Waals surface area contributed by atoms with Crippen molar-refractivity contribution in [3.63, 3.8) is 0 Å². The number of H-pyrrole nitrogens is 2. The van der Waals surface area contributed by atoms with Gasteiger partial charge in [0.25, 0.3) is 0 Å². The summed E-state index contributed by atoms with van der Waals surface area (Å²) in [6, 6.07) is 20.9. The summed E-state index contributed by atoms with van der Waals surface area (Å²) in [7, 11) is 4.06. The van der Waals surface area contributed by atoms with Gasteiger partial charge in [-0.1, -0.05) is 18.2 Å². The first kappa shape index (κ1) is 22.0. The van der Waals surface area contributed by atoms with E-state index in [1.807, 2.05) is 50.9 Å². The minimum atomic E-state index is 0.616. The Bertz CT molecular complexity index is 1650. The average Bonchev–Trinajstić information content (AvgIpc) is 3.53. The van der Waals surface area contributed by atoms with Gasteiger partial charge < -0.3 is 14.6 Å². The van der Waals surface area contributed by atoms with Gasteiger partial charge in [0.1, 0.15) is 18.1 Å². The Morgan fingerprint density at radius 1 is 0.806 bits per heavy atom. The monoisotopic (exact) mass is 474 g/mol. The van der Waals surface area contributed by atoms with Crippen LogP contribution in [0, 0.1) is 0 Å². The number of nitrogens with zero attached hydrogens (tertiary/aromatic N) is 4. The van der Waals surface area contributed by atoms with Gasteiger partial charge in [-0.15, -0.1) is 0 Å². The van der Waals surface area contributed by atoms with E-state index in [2.05, 4.69) is 72.5 Å². The second-order valence-electron chi connectivity index (χ2n) is 9.08. The molecule has 0 saturated heterocycles. The Morgan fingerprint density at radius 3 is 2.56 bits per heavy atom. The summed E-state index contributed by atoms with van der Waals surface area (Å²) >= 11 is 0. The van der Waals surface area contributed by atoms with Crippen molar-refractivity contribution in [1.82, 2.24) is 30.0 Å². The molecular weight excluding hydrogens is 448 g/mol. The first-order chi connectivity index (χ1) is 17.7. The second kappa shape index (κ2) is 9.28. The molecule has 0 aliphatic rings. The molecule has 0 fully saturated rings. The molecule has 7 nitrogen and oxygen atoms in total. The summed E-state index contributed by atoms with van der Waals surface area (Å²) in [5, 5.41) is 10.0. The highest BCUT2D eigenvalue weighted by Gasteiger charge is 2.14. The molecule has 0 saturated carbocycles. The third kappa shape index (κ3) is 4.21. The first-order valence-corrected chi connectivity index (χ1v) is 11.9. The van der Waals surface area contributed by atoms with Crippen LogP contribution < -0.4 is 4.74 Å². The summed E-state index contributed by atoms with van der Waals surface area (Å²) < 4.78 is 5.89. The quantitative estimate of drug-likeness (QED) is 0.307. The number of hydrogen-bond donors (Lipinski definition) is 2. The van der Waals surface area contributed by atoms with E-state index in [9.17, 15) is 0 Å². The van der Waals surface area contributed by atoms with Crippen LogP contribution in [-0.2, 0) is 0 Å². The number of rotatable bonds is 7. The van der Waals surface area contributed by atoms with Crippen molar-refractivity contribution in [2.45, 2.75) is 0 Å². The Balaban J connectivity index is 1.38. The van der Waals surface area contributed by atoms with Crippen LogP contribution in [0.1, 0.15) is 0 Å². The maximum Gasteiger partial charge on any atom is 0.138 e. The fraction of sp³-hybridized carbons (Fsp3) is 0.138. The lowest BCUT2D eigenvalue weighted by Crippen LogP contribution is -2.19. The molecule has 0 atom stereocenters. The van der Waals surface area contributed by atoms with Crippen LogP contribution in [0.3, 0.4) is 0 Å². The van der Waals surface area contributed by atoms with Crippen molar-refractivity contribution in [3.8, 4) is 39.4 Å². The molecule has 0 aliphatic carbocycles. The van der Waals surface area contributed by atoms with Gasteiger partial charge in [0.2, 0.25) is 0 Å². The summed E-state index contributed by atoms with van der Waals surface area (Å²) in [6.45, 7) is 1.47. The Hall–Kier alpha value is -4.49. The zero-order valence-electron chi connectivity index (χ0n) is 20.2. The van der Waals surface area contributed by atoms with E-state index in [1.165, 1.54) is 0 Å². The minimum Gasteiger partial charge on any atom is -0.491 e. The third-order valence-electron chi connectivity index (χ3n) is 6.33. The first-order valence-electron chi connectivity index (χ1n) is 11.9. The number of aromatic nitrogens is 5. The van der Waals surface area contributed by atoms with E-state index in [0.29, 0.717) is 6.61 Å². The van der Waals surface area contributed by atoms with Gasteiger partial charge in [-0.3, -0.25) is 15.1 Å². The number of pyridine rings is 2. The molecule has 0 bridgehead atoms. The van der Waals surface area contributed by atoms with Crippen molar-refractivity contribution in [2.75, 3.05) is 27.2 Å². The average molecular weight is 475 g/mol. The van der Waals surface area contributed by atoms with E-state index in [-0.39, 0.29) is 0 Å². The lowest BCUT2D eigenvalue weighted by Gasteiger charge is -2.11. The molecule has 7 heteroatoms. The van der Waals surface area contributed by atoms with Crippen LogP contribution in [-0.4, -0.2) is 57.3 Å². The minimum absolute atomic E-state index is 0.616. The van der Waals surface area contributed by atoms with Gasteiger partial charge in [-0.05, 0) is 73.3 Å². The van der Waals surface area contributed by atoms with Crippen molar-refractivity contribution in [2.24, 2.45) is 0 Å². The predicted octanol–water partition coefficient (Wildman–Crippen LogP) is 5.78. The second-order valence-corrected chi connectivity index (χ2v) is 9.08. The fourth-order valence-corrected chi connectivity index (χ4v) is 4.47. The molecule has 2 aromatic carbocycles. The SMILES string of the molecule is CN(C)CCOc1cncc(-c2ccc3[nH]nc(-c4cc5c(-c6ccncc6)cccc5[nH]4)c3c2)c1. The van der Waals surface area contributed by atoms with Gasteiger partial charge in [0.15, 0.2) is 0 Å². The Morgan fingerprint density at radius 2 is 1.69 bits per heavy atom. The maximum atomic E-state index is 5.89. The number of nitrogens with one attached hydrogen (secondary N) is 2. The number of likely N-dealkylation sites (N-methyl/N-ethyl adjacent to an activating group) is 1. The Labute approximate surface area is 208 Å². The summed E-state index contributed by atoms with van der Waals surface area (Å²) in [5.41, 5.74) is 8.26. The van der Waals surface area contributed by atoms with Crippen LogP contribution >= 0.6 is 0 Å². The molecular formula is C29H26N6O. The largest absolute Gasteiger partial charge is 0.491 e. The predicted molar refractivity (Wildman–Crippen MR) is 144 cm³/mol. The maximum absolute atomic E-state index is 5.89. The summed E-state index contributed by atoms with van der Waals surface area (Å²) in [4.78, 5) is 14.2. The molecule has 36 heavy (non-hydrogen) atoms. The van der Waals surface area contributed by atoms with E-state index in [0.717, 1.165) is 67.7 Å². The molecule has 6 aromatic rings. The van der Waals surface area contributed by atoms with Gasteiger partial charge >= 0.3 is 0 Å². The van der Waals surface area contributed by atoms with E-state index < -0.39 is 0 Å². The van der Waals surface area contributed by atoms with Crippen molar-refractivity contribution in [1.29, 1.82) is 0 Å². The molecule has 2 N–H and O–H groups in total. The van der Waals surface area contributed by atoms with Crippen LogP contribution in [0.5, 0.6) is 5.75 Å². The van der Waals surface area contributed by atoms with Crippen molar-refractivity contribution < 1.29 is 4.74 Å². The zero-order valence-corrected chi connectivity index (χ0v) is 20.2. The standard InChI is InChI=1S/C29H26N6O/c1-35(2)12-13-36-22-14-21(17-31-18-22)20-6-7-27-25(15-20)29(34-33-27)28-16-24-23(4-3-5-26(24)32-28)19-8-10-30-11-9-19/h3-11,14-18,32H,12-13H2,1-2H3,(H,33,34). The van der Waals surface area contributed by atoms with Crippen LogP contribution in [0.25, 0.3) is 55.4 Å². The molecule has 0 unspecified atom stereocenters. The van der Waals surface area contributed by atoms with Gasteiger partial charge in [-0.2, -0.15) is 5.10 Å². The topological polar surface area (TPSA) is 82.7 Å². The molecule has 178 valence electrons. The smallest absolute Gasteiger partial charge is 0.138 e. The number of fused-ring (bicyclic) bond motifs is 2. The highest BCUT2D eigenvalue weighted by Crippen LogP contribution is 2.35. The molecule has 0 aliphatic heterocycles. The Kier molecular flexibility index (Phi) is 5.67. The lowest BCUT2D eigenvalue weighted by molar-refractivity contribution is 0.261. The molecule has 4 heterocycles. The fourth-order valence-electron chi connectivity index (χ4n) is 4.47. The van der Waals surface area contributed by atoms with Crippen molar-refractivity contribution >= 4 is 21.8 Å². The van der Waals surface area contributed by atoms with E-state index in [4.69, 9.17) is 4.74 Å². The normalized spacial score (nSPS) is 11.5. The highest BCUT2D eigenvalue weighted by atomic mass is 16.5. The zero-order chi connectivity index (χ0) is 24.5. The molecule has 0 radical (unpaired) electrons. The molecule has 0 amide bonds. The molecule has 6 rings (SSSR count). The number of benzene rings is 2. The molecule has 4 aromatic heterocycles. The van der Waals surface area contributed by atoms with Crippen LogP contribution in [0.2, 0.25) is 0 Å². The number of ether oxygens (including phenoxy) is 1.